The Balaban J connectivity index is 1.58. The molecule has 3 atom stereocenters. The van der Waals surface area contributed by atoms with Crippen LogP contribution in [0.3, 0.4) is 0 Å². The van der Waals surface area contributed by atoms with Crippen LogP contribution in [0.4, 0.5) is 13.2 Å². The minimum Gasteiger partial charge on any atom is -0.299 e. The third kappa shape index (κ3) is 4.10. The van der Waals surface area contributed by atoms with E-state index in [1.165, 1.54) is 18.2 Å². The minimum atomic E-state index is -4.57. The van der Waals surface area contributed by atoms with Gasteiger partial charge in [0.05, 0.1) is 5.56 Å². The third-order valence-electron chi connectivity index (χ3n) is 5.22. The number of hydrogen-bond donors (Lipinski definition) is 2. The molecule has 3 rings (SSSR count). The van der Waals surface area contributed by atoms with Crippen LogP contribution in [0.25, 0.3) is 0 Å². The van der Waals surface area contributed by atoms with E-state index in [1.54, 1.807) is 0 Å². The molecular weight excluding hydrogens is 333 g/mol. The monoisotopic (exact) mass is 354 g/mol. The van der Waals surface area contributed by atoms with E-state index in [4.69, 9.17) is 0 Å². The molecule has 0 spiro atoms. The summed E-state index contributed by atoms with van der Waals surface area (Å²) in [7, 11) is 0. The lowest BCUT2D eigenvalue weighted by molar-refractivity contribution is -0.137. The fraction of sp³-hybridized carbons (Fsp3) is 0.556. The van der Waals surface area contributed by atoms with E-state index >= 15 is 0 Å². The molecule has 1 saturated carbocycles. The first-order chi connectivity index (χ1) is 11.9. The smallest absolute Gasteiger partial charge is 0.299 e. The number of hydrogen-bond acceptors (Lipinski definition) is 4. The average Bonchev–Trinajstić information content (AvgIpc) is 3.06. The van der Waals surface area contributed by atoms with Crippen LogP contribution in [-0.2, 0) is 11.0 Å². The molecule has 2 N–H and O–H groups in total. The Bertz CT molecular complexity index is 660. The van der Waals surface area contributed by atoms with E-state index in [0.717, 1.165) is 31.9 Å². The highest BCUT2D eigenvalue weighted by Gasteiger charge is 2.37. The number of alkyl halides is 3. The lowest BCUT2D eigenvalue weighted by Crippen LogP contribution is -2.37. The summed E-state index contributed by atoms with van der Waals surface area (Å²) in [5.74, 6) is -0.319. The fourth-order valence-electron chi connectivity index (χ4n) is 3.84. The highest BCUT2D eigenvalue weighted by Crippen LogP contribution is 2.34. The lowest BCUT2D eigenvalue weighted by Gasteiger charge is -2.29. The van der Waals surface area contributed by atoms with E-state index in [2.05, 4.69) is 10.9 Å². The fourth-order valence-corrected chi connectivity index (χ4v) is 3.84. The highest BCUT2D eigenvalue weighted by atomic mass is 19.4. The molecule has 0 amide bonds. The zero-order valence-corrected chi connectivity index (χ0v) is 13.7. The molecule has 1 aliphatic carbocycles. The number of Topliss-reactive ketones (excluding diaryl/α,β-unsaturated/α-hetero) is 2. The summed E-state index contributed by atoms with van der Waals surface area (Å²) >= 11 is 0. The van der Waals surface area contributed by atoms with Crippen molar-refractivity contribution in [1.29, 1.82) is 0 Å². The van der Waals surface area contributed by atoms with E-state index in [0.29, 0.717) is 12.0 Å². The summed E-state index contributed by atoms with van der Waals surface area (Å²) in [6.45, 7) is 0.826. The van der Waals surface area contributed by atoms with E-state index in [-0.39, 0.29) is 30.1 Å². The van der Waals surface area contributed by atoms with Crippen LogP contribution in [0.1, 0.15) is 48.0 Å². The molecule has 2 aliphatic rings. The number of benzene rings is 1. The van der Waals surface area contributed by atoms with Crippen molar-refractivity contribution in [2.24, 2.45) is 11.8 Å². The molecule has 136 valence electrons. The van der Waals surface area contributed by atoms with Crippen LogP contribution < -0.4 is 10.9 Å². The number of hydrazine groups is 1. The minimum absolute atomic E-state index is 0.00787. The molecule has 0 radical (unpaired) electrons. The van der Waals surface area contributed by atoms with Crippen LogP contribution in [0.2, 0.25) is 0 Å². The van der Waals surface area contributed by atoms with Gasteiger partial charge in [-0.15, -0.1) is 0 Å². The van der Waals surface area contributed by atoms with Gasteiger partial charge in [0.2, 0.25) is 0 Å². The van der Waals surface area contributed by atoms with Crippen molar-refractivity contribution in [3.63, 3.8) is 0 Å². The van der Waals surface area contributed by atoms with Crippen LogP contribution in [0, 0.1) is 11.8 Å². The van der Waals surface area contributed by atoms with Gasteiger partial charge in [-0.1, -0.05) is 18.2 Å². The summed E-state index contributed by atoms with van der Waals surface area (Å²) in [5.41, 5.74) is 5.00. The highest BCUT2D eigenvalue weighted by molar-refractivity contribution is 5.99. The van der Waals surface area contributed by atoms with Crippen molar-refractivity contribution in [3.05, 3.63) is 35.4 Å². The number of rotatable bonds is 5. The number of fused-ring (bicyclic) bond motifs is 1. The van der Waals surface area contributed by atoms with Gasteiger partial charge in [-0.05, 0) is 31.2 Å². The van der Waals surface area contributed by atoms with Gasteiger partial charge >= 0.3 is 6.18 Å². The molecule has 4 nitrogen and oxygen atoms in total. The van der Waals surface area contributed by atoms with Crippen molar-refractivity contribution in [3.8, 4) is 0 Å². The SMILES string of the molecule is O=C(CCC(=O)C1CCC2NNCC2C1)c1ccccc1C(F)(F)F. The average molecular weight is 354 g/mol. The summed E-state index contributed by atoms with van der Waals surface area (Å²) in [6.07, 6.45) is -2.30. The first kappa shape index (κ1) is 18.1. The molecule has 1 saturated heterocycles. The van der Waals surface area contributed by atoms with Crippen LogP contribution in [-0.4, -0.2) is 24.2 Å². The van der Waals surface area contributed by atoms with Gasteiger partial charge < -0.3 is 0 Å². The topological polar surface area (TPSA) is 58.2 Å². The van der Waals surface area contributed by atoms with Crippen LogP contribution in [0.5, 0.6) is 0 Å². The van der Waals surface area contributed by atoms with E-state index in [1.807, 2.05) is 0 Å². The molecule has 2 fully saturated rings. The van der Waals surface area contributed by atoms with Crippen molar-refractivity contribution in [2.75, 3.05) is 6.54 Å². The molecule has 7 heteroatoms. The van der Waals surface area contributed by atoms with Crippen LogP contribution >= 0.6 is 0 Å². The Morgan fingerprint density at radius 3 is 2.64 bits per heavy atom. The Morgan fingerprint density at radius 1 is 1.12 bits per heavy atom. The molecule has 1 aromatic carbocycles. The number of ketones is 2. The summed E-state index contributed by atoms with van der Waals surface area (Å²) in [6, 6.07) is 5.13. The summed E-state index contributed by atoms with van der Waals surface area (Å²) in [4.78, 5) is 24.6. The molecule has 0 bridgehead atoms. The van der Waals surface area contributed by atoms with Crippen molar-refractivity contribution in [1.82, 2.24) is 10.9 Å². The molecule has 3 unspecified atom stereocenters. The first-order valence-electron chi connectivity index (χ1n) is 8.57. The second kappa shape index (κ2) is 7.25. The van der Waals surface area contributed by atoms with Crippen molar-refractivity contribution < 1.29 is 22.8 Å². The molecule has 1 aliphatic heterocycles. The van der Waals surface area contributed by atoms with Crippen molar-refractivity contribution in [2.45, 2.75) is 44.3 Å². The zero-order valence-electron chi connectivity index (χ0n) is 13.7. The maximum atomic E-state index is 13.0. The normalized spacial score (nSPS) is 26.3. The molecule has 25 heavy (non-hydrogen) atoms. The number of carbonyl (C=O) groups excluding carboxylic acids is 2. The zero-order chi connectivity index (χ0) is 18.0. The van der Waals surface area contributed by atoms with Gasteiger partial charge in [-0.2, -0.15) is 13.2 Å². The molecule has 1 aromatic rings. The largest absolute Gasteiger partial charge is 0.417 e. The quantitative estimate of drug-likeness (QED) is 0.798. The second-order valence-corrected chi connectivity index (χ2v) is 6.83. The van der Waals surface area contributed by atoms with Gasteiger partial charge in [0.1, 0.15) is 5.78 Å². The van der Waals surface area contributed by atoms with E-state index in [9.17, 15) is 22.8 Å². The molecule has 1 heterocycles. The predicted octanol–water partition coefficient (Wildman–Crippen LogP) is 3.13. The van der Waals surface area contributed by atoms with E-state index < -0.39 is 17.5 Å². The standard InChI is InChI=1S/C18H21F3N2O2/c19-18(20,21)14-4-2-1-3-13(14)17(25)8-7-16(24)11-5-6-15-12(9-11)10-22-23-15/h1-4,11-12,15,22-23H,5-10H2. The van der Waals surface area contributed by atoms with Gasteiger partial charge in [-0.25, -0.2) is 0 Å². The van der Waals surface area contributed by atoms with Gasteiger partial charge in [0.15, 0.2) is 5.78 Å². The summed E-state index contributed by atoms with van der Waals surface area (Å²) < 4.78 is 39.0. The van der Waals surface area contributed by atoms with Crippen LogP contribution in [0.15, 0.2) is 24.3 Å². The lowest BCUT2D eigenvalue weighted by atomic mass is 9.76. The number of halogens is 3. The Kier molecular flexibility index (Phi) is 5.24. The molecular formula is C18H21F3N2O2. The van der Waals surface area contributed by atoms with Gasteiger partial charge in [-0.3, -0.25) is 20.4 Å². The van der Waals surface area contributed by atoms with Gasteiger partial charge in [0.25, 0.3) is 0 Å². The Labute approximate surface area is 144 Å². The Morgan fingerprint density at radius 2 is 1.88 bits per heavy atom. The van der Waals surface area contributed by atoms with Gasteiger partial charge in [0, 0.05) is 36.9 Å². The third-order valence-corrected chi connectivity index (χ3v) is 5.22. The Hall–Kier alpha value is -1.73. The number of carbonyl (C=O) groups is 2. The maximum Gasteiger partial charge on any atom is 0.417 e. The first-order valence-corrected chi connectivity index (χ1v) is 8.57. The second-order valence-electron chi connectivity index (χ2n) is 6.83. The molecule has 0 aromatic heterocycles. The summed E-state index contributed by atoms with van der Waals surface area (Å²) in [5, 5.41) is 0. The number of nitrogens with one attached hydrogen (secondary N) is 2. The predicted molar refractivity (Wildman–Crippen MR) is 85.8 cm³/mol. The maximum absolute atomic E-state index is 13.0. The van der Waals surface area contributed by atoms with Crippen molar-refractivity contribution >= 4 is 11.6 Å².